The van der Waals surface area contributed by atoms with E-state index in [0.717, 1.165) is 24.9 Å². The van der Waals surface area contributed by atoms with E-state index in [1.807, 2.05) is 0 Å². The van der Waals surface area contributed by atoms with Gasteiger partial charge < -0.3 is 21.3 Å². The highest BCUT2D eigenvalue weighted by molar-refractivity contribution is 5.86. The van der Waals surface area contributed by atoms with Crippen molar-refractivity contribution in [2.24, 2.45) is 11.8 Å². The highest BCUT2D eigenvalue weighted by atomic mass is 35.5. The fraction of sp³-hybridized carbons (Fsp3) is 1.00. The number of halogens is 4. The van der Waals surface area contributed by atoms with Crippen LogP contribution in [0.5, 0.6) is 0 Å². The summed E-state index contributed by atoms with van der Waals surface area (Å²) in [5.74, 6) is 1.88. The molecule has 1 aliphatic carbocycles. The van der Waals surface area contributed by atoms with Crippen LogP contribution in [0.4, 0.5) is 0 Å². The van der Waals surface area contributed by atoms with E-state index in [1.165, 1.54) is 71.4 Å². The summed E-state index contributed by atoms with van der Waals surface area (Å²) >= 11 is 0. The quantitative estimate of drug-likeness (QED) is 0.276. The maximum Gasteiger partial charge on any atom is -0.00173 e. The van der Waals surface area contributed by atoms with Gasteiger partial charge in [0.1, 0.15) is 0 Å². The summed E-state index contributed by atoms with van der Waals surface area (Å²) in [5.41, 5.74) is 0. The second-order valence-corrected chi connectivity index (χ2v) is 6.29. The van der Waals surface area contributed by atoms with Crippen LogP contribution in [-0.4, -0.2) is 52.4 Å². The molecule has 4 N–H and O–H groups in total. The Morgan fingerprint density at radius 2 is 0.880 bits per heavy atom. The highest BCUT2D eigenvalue weighted by Crippen LogP contribution is 2.36. The van der Waals surface area contributed by atoms with E-state index in [4.69, 9.17) is 0 Å². The summed E-state index contributed by atoms with van der Waals surface area (Å²) in [4.78, 5) is 0. The van der Waals surface area contributed by atoms with E-state index in [2.05, 4.69) is 35.1 Å². The summed E-state index contributed by atoms with van der Waals surface area (Å²) in [6.45, 7) is 13.7. The Balaban J connectivity index is -0.000000551. The van der Waals surface area contributed by atoms with Gasteiger partial charge in [-0.1, -0.05) is 13.8 Å². The summed E-state index contributed by atoms with van der Waals surface area (Å²) in [5, 5.41) is 14.0. The predicted octanol–water partition coefficient (Wildman–Crippen LogP) is 3.27. The molecule has 2 atom stereocenters. The molecule has 0 unspecified atom stereocenters. The number of hydrogen-bond donors (Lipinski definition) is 4. The lowest BCUT2D eigenvalue weighted by molar-refractivity contribution is 0.531. The smallest absolute Gasteiger partial charge is 0.00173 e. The fourth-order valence-corrected chi connectivity index (χ4v) is 2.74. The zero-order chi connectivity index (χ0) is 15.2. The van der Waals surface area contributed by atoms with Gasteiger partial charge in [-0.3, -0.25) is 0 Å². The van der Waals surface area contributed by atoms with Gasteiger partial charge in [-0.15, -0.1) is 49.6 Å². The third-order valence-corrected chi connectivity index (χ3v) is 4.30. The topological polar surface area (TPSA) is 48.1 Å². The van der Waals surface area contributed by atoms with Gasteiger partial charge in [0.15, 0.2) is 0 Å². The van der Waals surface area contributed by atoms with Crippen LogP contribution in [0.3, 0.4) is 0 Å². The summed E-state index contributed by atoms with van der Waals surface area (Å²) < 4.78 is 0. The second-order valence-electron chi connectivity index (χ2n) is 6.29. The van der Waals surface area contributed by atoms with Crippen LogP contribution < -0.4 is 21.3 Å². The van der Waals surface area contributed by atoms with Crippen LogP contribution in [0.15, 0.2) is 0 Å². The Labute approximate surface area is 180 Å². The summed E-state index contributed by atoms with van der Waals surface area (Å²) in [7, 11) is 0. The molecular formula is C17H42Cl4N4. The van der Waals surface area contributed by atoms with Gasteiger partial charge >= 0.3 is 0 Å². The molecule has 25 heavy (non-hydrogen) atoms. The van der Waals surface area contributed by atoms with Crippen molar-refractivity contribution in [2.75, 3.05) is 52.4 Å². The highest BCUT2D eigenvalue weighted by Gasteiger charge is 2.35. The molecule has 0 bridgehead atoms. The Morgan fingerprint density at radius 1 is 0.560 bits per heavy atom. The lowest BCUT2D eigenvalue weighted by Crippen LogP contribution is -2.23. The minimum atomic E-state index is 0. The normalized spacial score (nSPS) is 17.5. The van der Waals surface area contributed by atoms with E-state index < -0.39 is 0 Å². The van der Waals surface area contributed by atoms with Gasteiger partial charge in [0.05, 0.1) is 0 Å². The first-order valence-corrected chi connectivity index (χ1v) is 9.21. The molecule has 0 aliphatic heterocycles. The first-order valence-electron chi connectivity index (χ1n) is 9.21. The van der Waals surface area contributed by atoms with Gasteiger partial charge in [0.25, 0.3) is 0 Å². The number of unbranched alkanes of at least 4 members (excludes halogenated alkanes) is 2. The van der Waals surface area contributed by atoms with E-state index in [9.17, 15) is 0 Å². The maximum atomic E-state index is 3.62. The van der Waals surface area contributed by atoms with Crippen LogP contribution in [0, 0.1) is 11.8 Å². The molecule has 0 radical (unpaired) electrons. The summed E-state index contributed by atoms with van der Waals surface area (Å²) in [6.07, 6.45) is 6.62. The van der Waals surface area contributed by atoms with Crippen molar-refractivity contribution < 1.29 is 0 Å². The molecule has 0 amide bonds. The van der Waals surface area contributed by atoms with Crippen molar-refractivity contribution in [3.8, 4) is 0 Å². The second kappa shape index (κ2) is 25.0. The molecule has 8 heteroatoms. The largest absolute Gasteiger partial charge is 0.317 e. The summed E-state index contributed by atoms with van der Waals surface area (Å²) in [6, 6.07) is 0. The van der Waals surface area contributed by atoms with Crippen molar-refractivity contribution in [2.45, 2.75) is 46.0 Å². The molecule has 1 aliphatic rings. The van der Waals surface area contributed by atoms with Gasteiger partial charge in [0.2, 0.25) is 0 Å². The number of nitrogens with one attached hydrogen (secondary N) is 4. The lowest BCUT2D eigenvalue weighted by Gasteiger charge is -2.06. The Bertz CT molecular complexity index is 217. The van der Waals surface area contributed by atoms with E-state index in [1.54, 1.807) is 0 Å². The molecule has 0 aromatic rings. The minimum absolute atomic E-state index is 0. The number of hydrogen-bond acceptors (Lipinski definition) is 4. The van der Waals surface area contributed by atoms with Crippen molar-refractivity contribution in [3.63, 3.8) is 0 Å². The monoisotopic (exact) mass is 442 g/mol. The molecule has 158 valence electrons. The van der Waals surface area contributed by atoms with Gasteiger partial charge in [-0.25, -0.2) is 0 Å². The molecule has 0 aromatic heterocycles. The number of rotatable bonds is 16. The minimum Gasteiger partial charge on any atom is -0.317 e. The van der Waals surface area contributed by atoms with E-state index in [0.29, 0.717) is 0 Å². The molecule has 0 heterocycles. The Kier molecular flexibility index (Phi) is 33.6. The lowest BCUT2D eigenvalue weighted by atomic mass is 10.2. The maximum absolute atomic E-state index is 3.62. The van der Waals surface area contributed by atoms with Crippen molar-refractivity contribution in [3.05, 3.63) is 0 Å². The third kappa shape index (κ3) is 21.2. The SMILES string of the molecule is CCNCCCCNC[C@@H]1C[C@H]1CNCCCCNCC.Cl.Cl.Cl.Cl. The van der Waals surface area contributed by atoms with Crippen molar-refractivity contribution >= 4 is 49.6 Å². The molecule has 1 fully saturated rings. The van der Waals surface area contributed by atoms with Crippen LogP contribution in [0.1, 0.15) is 46.0 Å². The van der Waals surface area contributed by atoms with E-state index >= 15 is 0 Å². The van der Waals surface area contributed by atoms with Crippen LogP contribution in [0.25, 0.3) is 0 Å². The van der Waals surface area contributed by atoms with Gasteiger partial charge in [0, 0.05) is 0 Å². The molecule has 0 aromatic carbocycles. The molecule has 1 rings (SSSR count). The predicted molar refractivity (Wildman–Crippen MR) is 122 cm³/mol. The van der Waals surface area contributed by atoms with Crippen LogP contribution in [-0.2, 0) is 0 Å². The first kappa shape index (κ1) is 33.6. The molecular weight excluding hydrogens is 402 g/mol. The van der Waals surface area contributed by atoms with Crippen molar-refractivity contribution in [1.29, 1.82) is 0 Å². The van der Waals surface area contributed by atoms with Crippen LogP contribution in [0.2, 0.25) is 0 Å². The fourth-order valence-electron chi connectivity index (χ4n) is 2.74. The first-order chi connectivity index (χ1) is 10.4. The Hall–Kier alpha value is 1.00. The zero-order valence-corrected chi connectivity index (χ0v) is 19.2. The Morgan fingerprint density at radius 3 is 1.20 bits per heavy atom. The molecule has 0 spiro atoms. The average molecular weight is 444 g/mol. The van der Waals surface area contributed by atoms with Crippen LogP contribution >= 0.6 is 49.6 Å². The molecule has 1 saturated carbocycles. The van der Waals surface area contributed by atoms with Crippen molar-refractivity contribution in [1.82, 2.24) is 21.3 Å². The van der Waals surface area contributed by atoms with E-state index in [-0.39, 0.29) is 49.6 Å². The third-order valence-electron chi connectivity index (χ3n) is 4.30. The van der Waals surface area contributed by atoms with Gasteiger partial charge in [-0.05, 0) is 96.3 Å². The molecule has 0 saturated heterocycles. The van der Waals surface area contributed by atoms with Gasteiger partial charge in [-0.2, -0.15) is 0 Å². The zero-order valence-electron chi connectivity index (χ0n) is 16.0. The average Bonchev–Trinajstić information content (AvgIpc) is 3.24. The standard InChI is InChI=1S/C17H38N4.4ClH/c1-3-18-9-5-7-11-20-14-16-13-17(16)15-21-12-8-6-10-19-4-2;;;;/h16-21H,3-15H2,1-2H3;4*1H/t16-,17-;;;;/m0..../s1. The molecule has 4 nitrogen and oxygen atoms in total.